The number of carbonyl (C=O) groups excluding carboxylic acids is 2. The summed E-state index contributed by atoms with van der Waals surface area (Å²) in [5.74, 6) is -1.17. The van der Waals surface area contributed by atoms with Crippen LogP contribution in [0.5, 0.6) is 0 Å². The molecule has 1 atom stereocenters. The van der Waals surface area contributed by atoms with Crippen molar-refractivity contribution in [3.05, 3.63) is 63.8 Å². The number of aromatic nitrogens is 2. The van der Waals surface area contributed by atoms with Gasteiger partial charge in [0.25, 0.3) is 5.91 Å². The first-order chi connectivity index (χ1) is 13.3. The predicted molar refractivity (Wildman–Crippen MR) is 110 cm³/mol. The summed E-state index contributed by atoms with van der Waals surface area (Å²) in [5.41, 5.74) is 3.22. The van der Waals surface area contributed by atoms with E-state index in [0.29, 0.717) is 16.4 Å². The number of thiazole rings is 1. The highest BCUT2D eigenvalue weighted by molar-refractivity contribution is 7.14. The van der Waals surface area contributed by atoms with Gasteiger partial charge in [0.2, 0.25) is 0 Å². The lowest BCUT2D eigenvalue weighted by molar-refractivity contribution is -0.123. The van der Waals surface area contributed by atoms with Crippen molar-refractivity contribution < 1.29 is 14.3 Å². The standard InChI is InChI=1S/C20H18ClN3O3S/c1-11-9-12(2)22-17(21)16(11)19(26)27-13(3)18(25)24-20-23-15(10-28-20)14-7-5-4-6-8-14/h4-10,13H,1-3H3,(H,23,24,25)/t13-/m0/s1. The van der Waals surface area contributed by atoms with Crippen molar-refractivity contribution in [1.29, 1.82) is 0 Å². The number of benzene rings is 1. The number of pyridine rings is 1. The normalized spacial score (nSPS) is 11.7. The molecular formula is C20H18ClN3O3S. The average molecular weight is 416 g/mol. The summed E-state index contributed by atoms with van der Waals surface area (Å²) >= 11 is 7.36. The van der Waals surface area contributed by atoms with Gasteiger partial charge in [0.15, 0.2) is 11.2 Å². The van der Waals surface area contributed by atoms with Gasteiger partial charge in [-0.25, -0.2) is 14.8 Å². The molecule has 0 fully saturated rings. The molecule has 1 N–H and O–H groups in total. The molecule has 0 aliphatic carbocycles. The number of halogens is 1. The summed E-state index contributed by atoms with van der Waals surface area (Å²) in [5, 5.41) is 5.01. The van der Waals surface area contributed by atoms with Crippen LogP contribution in [0.1, 0.15) is 28.5 Å². The second-order valence-corrected chi connectivity index (χ2v) is 7.40. The lowest BCUT2D eigenvalue weighted by Gasteiger charge is -2.14. The van der Waals surface area contributed by atoms with Crippen LogP contribution in [-0.4, -0.2) is 27.9 Å². The van der Waals surface area contributed by atoms with Crippen LogP contribution in [0.2, 0.25) is 5.15 Å². The highest BCUT2D eigenvalue weighted by Crippen LogP contribution is 2.25. The summed E-state index contributed by atoms with van der Waals surface area (Å²) < 4.78 is 5.26. The Labute approximate surface area is 171 Å². The van der Waals surface area contributed by atoms with Gasteiger partial charge in [-0.2, -0.15) is 0 Å². The number of aryl methyl sites for hydroxylation is 2. The zero-order valence-electron chi connectivity index (χ0n) is 15.5. The smallest absolute Gasteiger partial charge is 0.342 e. The number of esters is 1. The number of nitrogens with zero attached hydrogens (tertiary/aromatic N) is 2. The fraction of sp³-hybridized carbons (Fsp3) is 0.200. The molecule has 2 heterocycles. The van der Waals surface area contributed by atoms with Gasteiger partial charge in [0.1, 0.15) is 5.15 Å². The molecule has 1 aromatic carbocycles. The predicted octanol–water partition coefficient (Wildman–Crippen LogP) is 4.66. The van der Waals surface area contributed by atoms with Crippen molar-refractivity contribution in [2.45, 2.75) is 26.9 Å². The minimum atomic E-state index is -1.02. The van der Waals surface area contributed by atoms with Crippen LogP contribution in [0.25, 0.3) is 11.3 Å². The molecule has 0 radical (unpaired) electrons. The SMILES string of the molecule is Cc1cc(C)c(C(=O)O[C@@H](C)C(=O)Nc2nc(-c3ccccc3)cs2)c(Cl)n1. The van der Waals surface area contributed by atoms with Gasteiger partial charge in [-0.3, -0.25) is 10.1 Å². The van der Waals surface area contributed by atoms with Gasteiger partial charge in [-0.1, -0.05) is 41.9 Å². The molecular weight excluding hydrogens is 398 g/mol. The van der Waals surface area contributed by atoms with E-state index in [1.54, 1.807) is 19.9 Å². The lowest BCUT2D eigenvalue weighted by atomic mass is 10.1. The molecule has 3 aromatic rings. The molecule has 8 heteroatoms. The number of hydrogen-bond acceptors (Lipinski definition) is 6. The van der Waals surface area contributed by atoms with E-state index in [1.165, 1.54) is 18.3 Å². The van der Waals surface area contributed by atoms with E-state index in [1.807, 2.05) is 35.7 Å². The number of rotatable bonds is 5. The molecule has 0 spiro atoms. The molecule has 0 bridgehead atoms. The maximum absolute atomic E-state index is 12.4. The van der Waals surface area contributed by atoms with Gasteiger partial charge >= 0.3 is 5.97 Å². The first-order valence-corrected chi connectivity index (χ1v) is 9.77. The minimum absolute atomic E-state index is 0.0579. The fourth-order valence-corrected chi connectivity index (χ4v) is 3.67. The van der Waals surface area contributed by atoms with Crippen molar-refractivity contribution in [3.63, 3.8) is 0 Å². The molecule has 1 amide bonds. The van der Waals surface area contributed by atoms with Crippen LogP contribution in [0.15, 0.2) is 41.8 Å². The fourth-order valence-electron chi connectivity index (χ4n) is 2.59. The maximum atomic E-state index is 12.4. The number of nitrogens with one attached hydrogen (secondary N) is 1. The van der Waals surface area contributed by atoms with Crippen molar-refractivity contribution in [1.82, 2.24) is 9.97 Å². The molecule has 0 saturated carbocycles. The number of anilines is 1. The van der Waals surface area contributed by atoms with E-state index >= 15 is 0 Å². The lowest BCUT2D eigenvalue weighted by Crippen LogP contribution is -2.30. The highest BCUT2D eigenvalue weighted by Gasteiger charge is 2.23. The van der Waals surface area contributed by atoms with Gasteiger partial charge < -0.3 is 4.74 Å². The molecule has 0 unspecified atom stereocenters. The monoisotopic (exact) mass is 415 g/mol. The topological polar surface area (TPSA) is 81.2 Å². The van der Waals surface area contributed by atoms with Gasteiger partial charge in [0.05, 0.1) is 11.3 Å². The second-order valence-electron chi connectivity index (χ2n) is 6.19. The zero-order chi connectivity index (χ0) is 20.3. The molecule has 28 heavy (non-hydrogen) atoms. The van der Waals surface area contributed by atoms with Crippen LogP contribution in [0, 0.1) is 13.8 Å². The Morgan fingerprint density at radius 2 is 1.89 bits per heavy atom. The van der Waals surface area contributed by atoms with Gasteiger partial charge in [-0.15, -0.1) is 11.3 Å². The Morgan fingerprint density at radius 3 is 2.57 bits per heavy atom. The van der Waals surface area contributed by atoms with Crippen molar-refractivity contribution in [2.24, 2.45) is 0 Å². The molecule has 144 valence electrons. The summed E-state index contributed by atoms with van der Waals surface area (Å²) in [6.07, 6.45) is -1.02. The van der Waals surface area contributed by atoms with Crippen molar-refractivity contribution >= 4 is 39.9 Å². The molecule has 0 saturated heterocycles. The summed E-state index contributed by atoms with van der Waals surface area (Å²) in [6.45, 7) is 5.01. The van der Waals surface area contributed by atoms with E-state index in [4.69, 9.17) is 16.3 Å². The highest BCUT2D eigenvalue weighted by atomic mass is 35.5. The minimum Gasteiger partial charge on any atom is -0.449 e. The molecule has 0 aliphatic heterocycles. The van der Waals surface area contributed by atoms with E-state index < -0.39 is 18.0 Å². The summed E-state index contributed by atoms with van der Waals surface area (Å²) in [7, 11) is 0. The number of amides is 1. The van der Waals surface area contributed by atoms with Gasteiger partial charge in [0, 0.05) is 16.6 Å². The summed E-state index contributed by atoms with van der Waals surface area (Å²) in [6, 6.07) is 11.4. The Hall–Kier alpha value is -2.77. The Morgan fingerprint density at radius 1 is 1.18 bits per heavy atom. The third-order valence-corrected chi connectivity index (χ3v) is 4.99. The van der Waals surface area contributed by atoms with Gasteiger partial charge in [-0.05, 0) is 32.4 Å². The first kappa shape index (κ1) is 20.0. The Kier molecular flexibility index (Phi) is 6.06. The Bertz CT molecular complexity index is 998. The van der Waals surface area contributed by atoms with Crippen molar-refractivity contribution in [2.75, 3.05) is 5.32 Å². The molecule has 6 nitrogen and oxygen atoms in total. The third kappa shape index (κ3) is 4.55. The van der Waals surface area contributed by atoms with Crippen LogP contribution in [0.4, 0.5) is 5.13 Å². The van der Waals surface area contributed by atoms with E-state index in [-0.39, 0.29) is 10.7 Å². The molecule has 0 aliphatic rings. The number of hydrogen-bond donors (Lipinski definition) is 1. The average Bonchev–Trinajstić information content (AvgIpc) is 3.10. The molecule has 2 aromatic heterocycles. The zero-order valence-corrected chi connectivity index (χ0v) is 17.1. The van der Waals surface area contributed by atoms with Crippen LogP contribution in [0.3, 0.4) is 0 Å². The largest absolute Gasteiger partial charge is 0.449 e. The van der Waals surface area contributed by atoms with Crippen molar-refractivity contribution in [3.8, 4) is 11.3 Å². The quantitative estimate of drug-likeness (QED) is 0.484. The maximum Gasteiger partial charge on any atom is 0.342 e. The van der Waals surface area contributed by atoms with Crippen LogP contribution >= 0.6 is 22.9 Å². The number of carbonyl (C=O) groups is 2. The summed E-state index contributed by atoms with van der Waals surface area (Å²) in [4.78, 5) is 33.2. The first-order valence-electron chi connectivity index (χ1n) is 8.51. The van der Waals surface area contributed by atoms with E-state index in [2.05, 4.69) is 15.3 Å². The second kappa shape index (κ2) is 8.50. The Balaban J connectivity index is 1.65. The number of ether oxygens (including phenoxy) is 1. The molecule has 3 rings (SSSR count). The van der Waals surface area contributed by atoms with E-state index in [0.717, 1.165) is 11.3 Å². The third-order valence-electron chi connectivity index (χ3n) is 3.96. The van der Waals surface area contributed by atoms with Crippen LogP contribution < -0.4 is 5.32 Å². The van der Waals surface area contributed by atoms with Crippen LogP contribution in [-0.2, 0) is 9.53 Å². The van der Waals surface area contributed by atoms with E-state index in [9.17, 15) is 9.59 Å².